The summed E-state index contributed by atoms with van der Waals surface area (Å²) in [5.41, 5.74) is 0.803. The van der Waals surface area contributed by atoms with Gasteiger partial charge in [-0.05, 0) is 26.0 Å². The number of ether oxygens (including phenoxy) is 2. The Labute approximate surface area is 134 Å². The van der Waals surface area contributed by atoms with Gasteiger partial charge >= 0.3 is 0 Å². The zero-order chi connectivity index (χ0) is 15.6. The molecular formula is C15H17NO3S2. The summed E-state index contributed by atoms with van der Waals surface area (Å²) in [4.78, 5) is 14.1. The lowest BCUT2D eigenvalue weighted by Gasteiger charge is -2.16. The van der Waals surface area contributed by atoms with Gasteiger partial charge in [-0.3, -0.25) is 9.69 Å². The van der Waals surface area contributed by atoms with Crippen LogP contribution in [0, 0.1) is 0 Å². The molecule has 21 heavy (non-hydrogen) atoms. The Kier molecular flexibility index (Phi) is 4.90. The fourth-order valence-electron chi connectivity index (χ4n) is 1.86. The number of thiocarbonyl (C=S) groups is 1. The van der Waals surface area contributed by atoms with Crippen molar-refractivity contribution in [1.29, 1.82) is 0 Å². The molecule has 1 aromatic rings. The standard InChI is InChI=1S/C15H17NO3S2/c1-9(2)19-13-10(6-5-7-11(13)18-4)8-12-14(17)16(3)15(20)21-12/h5-9H,1-4H3/b12-8-. The van der Waals surface area contributed by atoms with Crippen molar-refractivity contribution < 1.29 is 14.3 Å². The minimum Gasteiger partial charge on any atom is -0.493 e. The molecule has 1 heterocycles. The van der Waals surface area contributed by atoms with Crippen molar-refractivity contribution in [1.82, 2.24) is 4.90 Å². The van der Waals surface area contributed by atoms with Crippen LogP contribution >= 0.6 is 24.0 Å². The molecular weight excluding hydrogens is 306 g/mol. The Morgan fingerprint density at radius 2 is 2.10 bits per heavy atom. The molecule has 0 aromatic heterocycles. The van der Waals surface area contributed by atoms with Gasteiger partial charge in [-0.1, -0.05) is 36.1 Å². The number of methoxy groups -OCH3 is 1. The topological polar surface area (TPSA) is 38.8 Å². The Balaban J connectivity index is 2.44. The van der Waals surface area contributed by atoms with Crippen molar-refractivity contribution in [2.45, 2.75) is 20.0 Å². The molecule has 1 amide bonds. The number of rotatable bonds is 4. The lowest BCUT2D eigenvalue weighted by atomic mass is 10.1. The van der Waals surface area contributed by atoms with Crippen LogP contribution in [0.15, 0.2) is 23.1 Å². The number of benzene rings is 1. The molecule has 1 saturated heterocycles. The summed E-state index contributed by atoms with van der Waals surface area (Å²) in [7, 11) is 3.27. The number of amides is 1. The first-order chi connectivity index (χ1) is 9.93. The van der Waals surface area contributed by atoms with E-state index in [0.29, 0.717) is 20.7 Å². The van der Waals surface area contributed by atoms with E-state index in [2.05, 4.69) is 0 Å². The summed E-state index contributed by atoms with van der Waals surface area (Å²) in [6.45, 7) is 3.89. The van der Waals surface area contributed by atoms with Gasteiger partial charge in [0.1, 0.15) is 4.32 Å². The highest BCUT2D eigenvalue weighted by Crippen LogP contribution is 2.37. The fraction of sp³-hybridized carbons (Fsp3) is 0.333. The summed E-state index contributed by atoms with van der Waals surface area (Å²) in [6.07, 6.45) is 1.80. The summed E-state index contributed by atoms with van der Waals surface area (Å²) in [6, 6.07) is 5.59. The zero-order valence-corrected chi connectivity index (χ0v) is 14.0. The number of hydrogen-bond donors (Lipinski definition) is 0. The molecule has 0 spiro atoms. The minimum atomic E-state index is -0.0942. The Hall–Kier alpha value is -1.53. The van der Waals surface area contributed by atoms with Gasteiger partial charge in [-0.25, -0.2) is 0 Å². The van der Waals surface area contributed by atoms with Gasteiger partial charge in [0.2, 0.25) is 0 Å². The number of hydrogen-bond acceptors (Lipinski definition) is 5. The summed E-state index contributed by atoms with van der Waals surface area (Å²) in [5.74, 6) is 1.18. The molecule has 0 bridgehead atoms. The van der Waals surface area contributed by atoms with E-state index in [1.165, 1.54) is 16.7 Å². The molecule has 0 saturated carbocycles. The van der Waals surface area contributed by atoms with Gasteiger partial charge < -0.3 is 9.47 Å². The maximum Gasteiger partial charge on any atom is 0.265 e. The maximum atomic E-state index is 12.1. The van der Waals surface area contributed by atoms with Gasteiger partial charge in [0.15, 0.2) is 11.5 Å². The van der Waals surface area contributed by atoms with Crippen LogP contribution in [0.3, 0.4) is 0 Å². The highest BCUT2D eigenvalue weighted by atomic mass is 32.2. The monoisotopic (exact) mass is 323 g/mol. The summed E-state index contributed by atoms with van der Waals surface area (Å²) in [5, 5.41) is 0. The minimum absolute atomic E-state index is 0.00846. The third-order valence-electron chi connectivity index (χ3n) is 2.86. The second kappa shape index (κ2) is 6.49. The van der Waals surface area contributed by atoms with E-state index in [-0.39, 0.29) is 12.0 Å². The molecule has 0 N–H and O–H groups in total. The smallest absolute Gasteiger partial charge is 0.265 e. The number of thioether (sulfide) groups is 1. The van der Waals surface area contributed by atoms with E-state index in [0.717, 1.165) is 5.56 Å². The van der Waals surface area contributed by atoms with Gasteiger partial charge in [0, 0.05) is 12.6 Å². The quantitative estimate of drug-likeness (QED) is 0.628. The lowest BCUT2D eigenvalue weighted by molar-refractivity contribution is -0.121. The van der Waals surface area contributed by atoms with Gasteiger partial charge in [-0.2, -0.15) is 0 Å². The zero-order valence-electron chi connectivity index (χ0n) is 12.4. The molecule has 1 fully saturated rings. The normalized spacial score (nSPS) is 17.0. The number of carbonyl (C=O) groups is 1. The van der Waals surface area contributed by atoms with Crippen molar-refractivity contribution >= 4 is 40.3 Å². The summed E-state index contributed by atoms with van der Waals surface area (Å²) >= 11 is 6.42. The van der Waals surface area contributed by atoms with Crippen LogP contribution in [-0.4, -0.2) is 35.4 Å². The third kappa shape index (κ3) is 3.39. The summed E-state index contributed by atoms with van der Waals surface area (Å²) < 4.78 is 11.7. The van der Waals surface area contributed by atoms with E-state index in [9.17, 15) is 4.79 Å². The first kappa shape index (κ1) is 15.9. The van der Waals surface area contributed by atoms with Gasteiger partial charge in [-0.15, -0.1) is 0 Å². The van der Waals surface area contributed by atoms with Crippen molar-refractivity contribution in [3.8, 4) is 11.5 Å². The second-order valence-electron chi connectivity index (χ2n) is 4.79. The van der Waals surface area contributed by atoms with Crippen molar-refractivity contribution in [2.24, 2.45) is 0 Å². The van der Waals surface area contributed by atoms with E-state index in [4.69, 9.17) is 21.7 Å². The second-order valence-corrected chi connectivity index (χ2v) is 6.46. The van der Waals surface area contributed by atoms with Crippen LogP contribution < -0.4 is 9.47 Å². The van der Waals surface area contributed by atoms with Gasteiger partial charge in [0.05, 0.1) is 18.1 Å². The van der Waals surface area contributed by atoms with E-state index >= 15 is 0 Å². The predicted molar refractivity (Wildman–Crippen MR) is 89.7 cm³/mol. The molecule has 0 aliphatic carbocycles. The molecule has 1 aliphatic heterocycles. The highest BCUT2D eigenvalue weighted by Gasteiger charge is 2.29. The van der Waals surface area contributed by atoms with Crippen molar-refractivity contribution in [3.05, 3.63) is 28.7 Å². The molecule has 4 nitrogen and oxygen atoms in total. The molecule has 0 unspecified atom stereocenters. The highest BCUT2D eigenvalue weighted by molar-refractivity contribution is 8.26. The van der Waals surface area contributed by atoms with Crippen LogP contribution in [0.5, 0.6) is 11.5 Å². The molecule has 2 rings (SSSR count). The van der Waals surface area contributed by atoms with Crippen molar-refractivity contribution in [3.63, 3.8) is 0 Å². The van der Waals surface area contributed by atoms with Crippen LogP contribution in [-0.2, 0) is 4.79 Å². The number of likely N-dealkylation sites (N-methyl/N-ethyl adjacent to an activating group) is 1. The number of para-hydroxylation sites is 1. The predicted octanol–water partition coefficient (Wildman–Crippen LogP) is 3.31. The average Bonchev–Trinajstić information content (AvgIpc) is 2.67. The first-order valence-corrected chi connectivity index (χ1v) is 7.71. The molecule has 6 heteroatoms. The average molecular weight is 323 g/mol. The number of carbonyl (C=O) groups excluding carboxylic acids is 1. The molecule has 0 radical (unpaired) electrons. The molecule has 1 aromatic carbocycles. The fourth-order valence-corrected chi connectivity index (χ4v) is 3.03. The molecule has 1 aliphatic rings. The van der Waals surface area contributed by atoms with Crippen LogP contribution in [0.2, 0.25) is 0 Å². The van der Waals surface area contributed by atoms with Crippen LogP contribution in [0.1, 0.15) is 19.4 Å². The lowest BCUT2D eigenvalue weighted by Crippen LogP contribution is -2.22. The van der Waals surface area contributed by atoms with E-state index in [1.54, 1.807) is 20.2 Å². The van der Waals surface area contributed by atoms with Crippen molar-refractivity contribution in [2.75, 3.05) is 14.2 Å². The molecule has 112 valence electrons. The van der Waals surface area contributed by atoms with E-state index in [1.807, 2.05) is 32.0 Å². The van der Waals surface area contributed by atoms with Gasteiger partial charge in [0.25, 0.3) is 5.91 Å². The van der Waals surface area contributed by atoms with Crippen LogP contribution in [0.4, 0.5) is 0 Å². The largest absolute Gasteiger partial charge is 0.493 e. The van der Waals surface area contributed by atoms with E-state index < -0.39 is 0 Å². The number of nitrogens with zero attached hydrogens (tertiary/aromatic N) is 1. The Bertz CT molecular complexity index is 611. The maximum absolute atomic E-state index is 12.1. The van der Waals surface area contributed by atoms with Crippen LogP contribution in [0.25, 0.3) is 6.08 Å². The Morgan fingerprint density at radius 3 is 2.62 bits per heavy atom. The Morgan fingerprint density at radius 1 is 1.38 bits per heavy atom. The third-order valence-corrected chi connectivity index (χ3v) is 4.34. The molecule has 0 atom stereocenters. The SMILES string of the molecule is COc1cccc(/C=C2\SC(=S)N(C)C2=O)c1OC(C)C. The first-order valence-electron chi connectivity index (χ1n) is 6.49.